The third-order valence-electron chi connectivity index (χ3n) is 4.40. The van der Waals surface area contributed by atoms with Crippen LogP contribution in [-0.4, -0.2) is 10.2 Å². The van der Waals surface area contributed by atoms with Gasteiger partial charge >= 0.3 is 0 Å². The molecular formula is C26H30O2. The Kier molecular flexibility index (Phi) is 9.43. The van der Waals surface area contributed by atoms with Gasteiger partial charge in [-0.3, -0.25) is 0 Å². The molecule has 3 rings (SSSR count). The molecule has 0 bridgehead atoms. The minimum absolute atomic E-state index is 0.305. The Morgan fingerprint density at radius 2 is 1.21 bits per heavy atom. The fourth-order valence-electron chi connectivity index (χ4n) is 2.78. The maximum absolute atomic E-state index is 9.10. The SMILES string of the molecule is CCCCCCC=Cc1ccc(O)cc1.Oc1ccc(-c2ccccc2)cc1. The van der Waals surface area contributed by atoms with Crippen molar-refractivity contribution in [3.8, 4) is 22.6 Å². The number of hydrogen-bond acceptors (Lipinski definition) is 2. The third-order valence-corrected chi connectivity index (χ3v) is 4.40. The molecule has 0 saturated carbocycles. The van der Waals surface area contributed by atoms with E-state index < -0.39 is 0 Å². The molecule has 0 saturated heterocycles. The van der Waals surface area contributed by atoms with E-state index in [4.69, 9.17) is 10.2 Å². The smallest absolute Gasteiger partial charge is 0.115 e. The number of benzene rings is 3. The summed E-state index contributed by atoms with van der Waals surface area (Å²) < 4.78 is 0. The van der Waals surface area contributed by atoms with Crippen LogP contribution >= 0.6 is 0 Å². The normalized spacial score (nSPS) is 10.5. The van der Waals surface area contributed by atoms with E-state index in [1.807, 2.05) is 54.6 Å². The highest BCUT2D eigenvalue weighted by atomic mass is 16.3. The summed E-state index contributed by atoms with van der Waals surface area (Å²) in [5.74, 6) is 0.634. The maximum Gasteiger partial charge on any atom is 0.115 e. The van der Waals surface area contributed by atoms with Crippen LogP contribution in [0.2, 0.25) is 0 Å². The van der Waals surface area contributed by atoms with Crippen LogP contribution in [0.1, 0.15) is 44.6 Å². The molecule has 3 aromatic carbocycles. The topological polar surface area (TPSA) is 40.5 Å². The number of phenols is 2. The Balaban J connectivity index is 0.000000202. The van der Waals surface area contributed by atoms with Crippen molar-refractivity contribution in [2.45, 2.75) is 39.0 Å². The predicted molar refractivity (Wildman–Crippen MR) is 119 cm³/mol. The summed E-state index contributed by atoms with van der Waals surface area (Å²) in [6.07, 6.45) is 10.7. The summed E-state index contributed by atoms with van der Waals surface area (Å²) in [7, 11) is 0. The summed E-state index contributed by atoms with van der Waals surface area (Å²) >= 11 is 0. The highest BCUT2D eigenvalue weighted by molar-refractivity contribution is 5.63. The number of hydrogen-bond donors (Lipinski definition) is 2. The zero-order valence-corrected chi connectivity index (χ0v) is 16.6. The lowest BCUT2D eigenvalue weighted by molar-refractivity contribution is 0.475. The van der Waals surface area contributed by atoms with Crippen LogP contribution in [0, 0.1) is 0 Å². The van der Waals surface area contributed by atoms with E-state index in [0.717, 1.165) is 17.5 Å². The largest absolute Gasteiger partial charge is 0.508 e. The zero-order chi connectivity index (χ0) is 20.0. The molecule has 0 aromatic heterocycles. The van der Waals surface area contributed by atoms with Gasteiger partial charge in [0.15, 0.2) is 0 Å². The Hall–Kier alpha value is -3.00. The van der Waals surface area contributed by atoms with Gasteiger partial charge in [-0.25, -0.2) is 0 Å². The van der Waals surface area contributed by atoms with Gasteiger partial charge in [-0.15, -0.1) is 0 Å². The highest BCUT2D eigenvalue weighted by Gasteiger charge is 1.94. The second-order valence-corrected chi connectivity index (χ2v) is 6.76. The third kappa shape index (κ3) is 8.13. The van der Waals surface area contributed by atoms with Crippen LogP contribution in [-0.2, 0) is 0 Å². The maximum atomic E-state index is 9.10. The van der Waals surface area contributed by atoms with E-state index in [9.17, 15) is 0 Å². The zero-order valence-electron chi connectivity index (χ0n) is 16.6. The first-order valence-corrected chi connectivity index (χ1v) is 9.99. The van der Waals surface area contributed by atoms with Crippen LogP contribution in [0.5, 0.6) is 11.5 Å². The first-order valence-electron chi connectivity index (χ1n) is 9.99. The molecule has 0 heterocycles. The van der Waals surface area contributed by atoms with E-state index in [1.165, 1.54) is 31.2 Å². The number of unbranched alkanes of at least 4 members (excludes halogenated alkanes) is 4. The molecule has 0 aliphatic carbocycles. The molecule has 0 atom stereocenters. The van der Waals surface area contributed by atoms with Gasteiger partial charge in [0.2, 0.25) is 0 Å². The van der Waals surface area contributed by atoms with Gasteiger partial charge < -0.3 is 10.2 Å². The van der Waals surface area contributed by atoms with Crippen LogP contribution in [0.25, 0.3) is 17.2 Å². The quantitative estimate of drug-likeness (QED) is 0.422. The van der Waals surface area contributed by atoms with Gasteiger partial charge in [0, 0.05) is 0 Å². The fraction of sp³-hybridized carbons (Fsp3) is 0.231. The van der Waals surface area contributed by atoms with E-state index in [2.05, 4.69) is 19.1 Å². The standard InChI is InChI=1S/C14H20O.C12H10O/c1-2-3-4-5-6-7-8-13-9-11-14(15)12-10-13;13-12-8-6-11(7-9-12)10-4-2-1-3-5-10/h7-12,15H,2-6H2,1H3;1-9,13H. The molecule has 146 valence electrons. The molecule has 0 spiro atoms. The van der Waals surface area contributed by atoms with Gasteiger partial charge in [0.1, 0.15) is 11.5 Å². The summed E-state index contributed by atoms with van der Waals surface area (Å²) in [6.45, 7) is 2.23. The van der Waals surface area contributed by atoms with Crippen molar-refractivity contribution in [2.75, 3.05) is 0 Å². The van der Waals surface area contributed by atoms with E-state index in [1.54, 1.807) is 24.3 Å². The van der Waals surface area contributed by atoms with Crippen molar-refractivity contribution in [3.63, 3.8) is 0 Å². The minimum atomic E-state index is 0.305. The van der Waals surface area contributed by atoms with Crippen molar-refractivity contribution >= 4 is 6.08 Å². The molecule has 0 aliphatic rings. The molecule has 3 aromatic rings. The van der Waals surface area contributed by atoms with E-state index in [0.29, 0.717) is 11.5 Å². The lowest BCUT2D eigenvalue weighted by Gasteiger charge is -2.00. The van der Waals surface area contributed by atoms with Crippen molar-refractivity contribution in [2.24, 2.45) is 0 Å². The molecule has 0 aliphatic heterocycles. The van der Waals surface area contributed by atoms with Crippen LogP contribution in [0.4, 0.5) is 0 Å². The monoisotopic (exact) mass is 374 g/mol. The molecule has 0 fully saturated rings. The molecular weight excluding hydrogens is 344 g/mol. The molecule has 0 radical (unpaired) electrons. The van der Waals surface area contributed by atoms with Crippen LogP contribution in [0.15, 0.2) is 84.9 Å². The number of allylic oxidation sites excluding steroid dienone is 1. The molecule has 0 amide bonds. The fourth-order valence-corrected chi connectivity index (χ4v) is 2.78. The highest BCUT2D eigenvalue weighted by Crippen LogP contribution is 2.20. The van der Waals surface area contributed by atoms with Crippen molar-refractivity contribution in [3.05, 3.63) is 90.5 Å². The average molecular weight is 375 g/mol. The van der Waals surface area contributed by atoms with Gasteiger partial charge in [0.25, 0.3) is 0 Å². The van der Waals surface area contributed by atoms with Gasteiger partial charge in [-0.2, -0.15) is 0 Å². The first-order chi connectivity index (χ1) is 13.7. The average Bonchev–Trinajstić information content (AvgIpc) is 2.74. The summed E-state index contributed by atoms with van der Waals surface area (Å²) in [4.78, 5) is 0. The molecule has 2 heteroatoms. The van der Waals surface area contributed by atoms with Crippen LogP contribution in [0.3, 0.4) is 0 Å². The van der Waals surface area contributed by atoms with E-state index >= 15 is 0 Å². The lowest BCUT2D eigenvalue weighted by Crippen LogP contribution is -1.74. The van der Waals surface area contributed by atoms with Crippen LogP contribution < -0.4 is 0 Å². The Morgan fingerprint density at radius 3 is 1.82 bits per heavy atom. The second-order valence-electron chi connectivity index (χ2n) is 6.76. The van der Waals surface area contributed by atoms with Crippen molar-refractivity contribution < 1.29 is 10.2 Å². The lowest BCUT2D eigenvalue weighted by atomic mass is 10.1. The van der Waals surface area contributed by atoms with Gasteiger partial charge in [-0.1, -0.05) is 92.9 Å². The Morgan fingerprint density at radius 1 is 0.643 bits per heavy atom. The Labute approximate surface area is 168 Å². The van der Waals surface area contributed by atoms with Crippen molar-refractivity contribution in [1.29, 1.82) is 0 Å². The van der Waals surface area contributed by atoms with E-state index in [-0.39, 0.29) is 0 Å². The molecule has 2 nitrogen and oxygen atoms in total. The van der Waals surface area contributed by atoms with Crippen molar-refractivity contribution in [1.82, 2.24) is 0 Å². The Bertz CT molecular complexity index is 803. The number of aromatic hydroxyl groups is 2. The first kappa shape index (κ1) is 21.3. The molecule has 28 heavy (non-hydrogen) atoms. The summed E-state index contributed by atoms with van der Waals surface area (Å²) in [5.41, 5.74) is 3.45. The van der Waals surface area contributed by atoms with Gasteiger partial charge in [0.05, 0.1) is 0 Å². The summed E-state index contributed by atoms with van der Waals surface area (Å²) in [6, 6.07) is 24.6. The number of phenolic OH excluding ortho intramolecular Hbond substituents is 2. The summed E-state index contributed by atoms with van der Waals surface area (Å²) in [5, 5.41) is 18.2. The second kappa shape index (κ2) is 12.4. The predicted octanol–water partition coefficient (Wildman–Crippen LogP) is 7.44. The molecule has 2 N–H and O–H groups in total. The number of rotatable bonds is 7. The minimum Gasteiger partial charge on any atom is -0.508 e. The molecule has 0 unspecified atom stereocenters. The van der Waals surface area contributed by atoms with Gasteiger partial charge in [-0.05, 0) is 53.8 Å².